The van der Waals surface area contributed by atoms with Crippen molar-refractivity contribution in [2.24, 2.45) is 29.1 Å². The molecule has 0 aliphatic heterocycles. The molecular weight excluding hydrogens is 380 g/mol. The van der Waals surface area contributed by atoms with Crippen molar-refractivity contribution in [2.75, 3.05) is 0 Å². The van der Waals surface area contributed by atoms with E-state index in [4.69, 9.17) is 0 Å². The third-order valence-electron chi connectivity index (χ3n) is 9.00. The molecule has 0 aromatic heterocycles. The monoisotopic (exact) mass is 426 g/mol. The lowest BCUT2D eigenvalue weighted by atomic mass is 9.60. The van der Waals surface area contributed by atoms with Crippen molar-refractivity contribution < 1.29 is 10.2 Å². The van der Waals surface area contributed by atoms with E-state index >= 15 is 0 Å². The van der Waals surface area contributed by atoms with Crippen LogP contribution in [0.2, 0.25) is 0 Å². The maximum Gasteiger partial charge on any atom is 0.0793 e. The fraction of sp³-hybridized carbons (Fsp3) is 0.724. The van der Waals surface area contributed by atoms with E-state index in [-0.39, 0.29) is 5.92 Å². The molecule has 3 saturated carbocycles. The minimum atomic E-state index is -0.545. The van der Waals surface area contributed by atoms with E-state index in [1.54, 1.807) is 5.57 Å². The zero-order valence-electron chi connectivity index (χ0n) is 20.7. The highest BCUT2D eigenvalue weighted by molar-refractivity contribution is 5.43. The molecule has 2 N–H and O–H groups in total. The highest BCUT2D eigenvalue weighted by Gasteiger charge is 2.50. The number of hydrogen-bond donors (Lipinski definition) is 2. The fourth-order valence-electron chi connectivity index (χ4n) is 6.92. The summed E-state index contributed by atoms with van der Waals surface area (Å²) in [5, 5.41) is 20.4. The van der Waals surface area contributed by atoms with Gasteiger partial charge < -0.3 is 10.2 Å². The van der Waals surface area contributed by atoms with Gasteiger partial charge in [0.1, 0.15) is 0 Å². The van der Waals surface area contributed by atoms with Gasteiger partial charge in [0.2, 0.25) is 0 Å². The number of aliphatic hydroxyl groups is 2. The summed E-state index contributed by atoms with van der Waals surface area (Å²) in [5.74, 6) is 2.35. The zero-order valence-corrected chi connectivity index (χ0v) is 20.7. The molecule has 0 bridgehead atoms. The number of aliphatic hydroxyl groups excluding tert-OH is 1. The van der Waals surface area contributed by atoms with E-state index in [1.165, 1.54) is 44.1 Å². The predicted octanol–water partition coefficient (Wildman–Crippen LogP) is 7.15. The molecule has 6 atom stereocenters. The van der Waals surface area contributed by atoms with Crippen LogP contribution in [-0.4, -0.2) is 21.9 Å². The maximum atomic E-state index is 10.4. The minimum Gasteiger partial charge on any atom is -0.390 e. The molecule has 3 fully saturated rings. The van der Waals surface area contributed by atoms with Crippen molar-refractivity contribution >= 4 is 0 Å². The number of rotatable bonds is 6. The minimum absolute atomic E-state index is 0.158. The third-order valence-corrected chi connectivity index (χ3v) is 9.00. The van der Waals surface area contributed by atoms with Crippen LogP contribution in [-0.2, 0) is 0 Å². The lowest BCUT2D eigenvalue weighted by molar-refractivity contribution is 0.0596. The van der Waals surface area contributed by atoms with Crippen molar-refractivity contribution in [2.45, 2.75) is 104 Å². The Balaban J connectivity index is 1.72. The molecule has 0 radical (unpaired) electrons. The van der Waals surface area contributed by atoms with Crippen LogP contribution in [0.25, 0.3) is 0 Å². The average molecular weight is 427 g/mol. The topological polar surface area (TPSA) is 40.5 Å². The van der Waals surface area contributed by atoms with Crippen LogP contribution >= 0.6 is 0 Å². The first-order valence-electron chi connectivity index (χ1n) is 12.6. The summed E-state index contributed by atoms with van der Waals surface area (Å²) >= 11 is 0. The molecule has 3 aliphatic carbocycles. The van der Waals surface area contributed by atoms with Crippen molar-refractivity contribution in [3.63, 3.8) is 0 Å². The first-order chi connectivity index (χ1) is 14.4. The average Bonchev–Trinajstić information content (AvgIpc) is 3.04. The lowest BCUT2D eigenvalue weighted by Gasteiger charge is -2.44. The molecule has 0 heterocycles. The molecule has 0 amide bonds. The molecule has 0 aromatic carbocycles. The Morgan fingerprint density at radius 1 is 1.23 bits per heavy atom. The predicted molar refractivity (Wildman–Crippen MR) is 132 cm³/mol. The van der Waals surface area contributed by atoms with E-state index in [0.29, 0.717) is 17.8 Å². The Hall–Kier alpha value is -1.12. The maximum absolute atomic E-state index is 10.4. The van der Waals surface area contributed by atoms with Crippen LogP contribution in [0.4, 0.5) is 0 Å². The second-order valence-corrected chi connectivity index (χ2v) is 11.8. The van der Waals surface area contributed by atoms with Gasteiger partial charge in [0.25, 0.3) is 0 Å². The van der Waals surface area contributed by atoms with Crippen LogP contribution in [0, 0.1) is 29.1 Å². The van der Waals surface area contributed by atoms with Gasteiger partial charge in [0.05, 0.1) is 11.7 Å². The molecule has 0 saturated heterocycles. The molecule has 2 heteroatoms. The van der Waals surface area contributed by atoms with Crippen LogP contribution in [0.5, 0.6) is 0 Å². The van der Waals surface area contributed by atoms with Crippen LogP contribution in [0.1, 0.15) is 92.4 Å². The molecule has 2 nitrogen and oxygen atoms in total. The summed E-state index contributed by atoms with van der Waals surface area (Å²) in [5.41, 5.74) is 4.69. The number of allylic oxidation sites excluding steroid dienone is 4. The van der Waals surface area contributed by atoms with Gasteiger partial charge in [-0.25, -0.2) is 0 Å². The van der Waals surface area contributed by atoms with Crippen LogP contribution < -0.4 is 0 Å². The molecule has 31 heavy (non-hydrogen) atoms. The summed E-state index contributed by atoms with van der Waals surface area (Å²) in [6.45, 7) is 19.3. The standard InChI is InChI=1S/C29H46O2/c1-19(10-8-16-28(5,6)31)25-14-15-26-23(11-9-17-29(25,26)7)12-13-24-18-27(30)22(4)20(2)21(24)3/h12-13,19-20,25-27,30-31H,3-4,8-11,14-18H2,1-2,5-7H3/b23-12+,24-13-/t19-,20-,25-,26+,27-,29-/m1/s1. The van der Waals surface area contributed by atoms with E-state index in [0.717, 1.165) is 35.8 Å². The smallest absolute Gasteiger partial charge is 0.0793 e. The summed E-state index contributed by atoms with van der Waals surface area (Å²) < 4.78 is 0. The summed E-state index contributed by atoms with van der Waals surface area (Å²) in [4.78, 5) is 0. The van der Waals surface area contributed by atoms with Crippen molar-refractivity contribution in [3.8, 4) is 0 Å². The highest BCUT2D eigenvalue weighted by Crippen LogP contribution is 2.60. The van der Waals surface area contributed by atoms with Gasteiger partial charge in [-0.15, -0.1) is 0 Å². The number of fused-ring (bicyclic) bond motifs is 1. The molecule has 0 aromatic rings. The normalized spacial score (nSPS) is 38.0. The van der Waals surface area contributed by atoms with Gasteiger partial charge in [0.15, 0.2) is 0 Å². The Labute approximate surface area is 191 Å². The van der Waals surface area contributed by atoms with E-state index in [9.17, 15) is 10.2 Å². The van der Waals surface area contributed by atoms with E-state index < -0.39 is 11.7 Å². The molecule has 3 aliphatic rings. The molecule has 3 rings (SSSR count). The first-order valence-corrected chi connectivity index (χ1v) is 12.6. The summed E-state index contributed by atoms with van der Waals surface area (Å²) in [6.07, 6.45) is 14.6. The van der Waals surface area contributed by atoms with Crippen LogP contribution in [0.15, 0.2) is 47.6 Å². The van der Waals surface area contributed by atoms with Crippen molar-refractivity contribution in [1.29, 1.82) is 0 Å². The summed E-state index contributed by atoms with van der Waals surface area (Å²) in [7, 11) is 0. The van der Waals surface area contributed by atoms with Gasteiger partial charge >= 0.3 is 0 Å². The molecule has 0 unspecified atom stereocenters. The Morgan fingerprint density at radius 2 is 1.94 bits per heavy atom. The van der Waals surface area contributed by atoms with Crippen molar-refractivity contribution in [1.82, 2.24) is 0 Å². The molecule has 174 valence electrons. The van der Waals surface area contributed by atoms with Gasteiger partial charge in [-0.3, -0.25) is 0 Å². The van der Waals surface area contributed by atoms with Gasteiger partial charge in [0, 0.05) is 12.3 Å². The molecular formula is C29H46O2. The highest BCUT2D eigenvalue weighted by atomic mass is 16.3. The zero-order chi connectivity index (χ0) is 23.0. The largest absolute Gasteiger partial charge is 0.390 e. The van der Waals surface area contributed by atoms with Gasteiger partial charge in [-0.2, -0.15) is 0 Å². The Kier molecular flexibility index (Phi) is 7.43. The quantitative estimate of drug-likeness (QED) is 0.443. The second-order valence-electron chi connectivity index (χ2n) is 11.8. The Morgan fingerprint density at radius 3 is 2.61 bits per heavy atom. The number of hydrogen-bond acceptors (Lipinski definition) is 2. The van der Waals surface area contributed by atoms with Gasteiger partial charge in [-0.05, 0) is 92.3 Å². The first kappa shape index (κ1) is 24.5. The molecule has 0 spiro atoms. The van der Waals surface area contributed by atoms with Gasteiger partial charge in [-0.1, -0.05) is 64.5 Å². The van der Waals surface area contributed by atoms with Crippen molar-refractivity contribution in [3.05, 3.63) is 47.6 Å². The lowest BCUT2D eigenvalue weighted by Crippen LogP contribution is -2.36. The third kappa shape index (κ3) is 5.28. The fourth-order valence-corrected chi connectivity index (χ4v) is 6.92. The Bertz CT molecular complexity index is 749. The van der Waals surface area contributed by atoms with Crippen LogP contribution in [0.3, 0.4) is 0 Å². The van der Waals surface area contributed by atoms with E-state index in [2.05, 4.69) is 46.1 Å². The van der Waals surface area contributed by atoms with E-state index in [1.807, 2.05) is 13.8 Å². The SMILES string of the molecule is C=C1/C(=C\C=C2/CCC[C@]3(C)[C@@H]([C@H](C)CCCC(C)(C)O)CC[C@@H]23)C[C@@H](O)C(=C)[C@@H]1C. The second kappa shape index (κ2) is 9.40. The summed E-state index contributed by atoms with van der Waals surface area (Å²) in [6, 6.07) is 0.